The smallest absolute Gasteiger partial charge is 0.134 e. The third-order valence-electron chi connectivity index (χ3n) is 2.56. The maximum Gasteiger partial charge on any atom is 0.134 e. The molecule has 0 bridgehead atoms. The third-order valence-corrected chi connectivity index (χ3v) is 3.28. The first-order valence-corrected chi connectivity index (χ1v) is 6.60. The summed E-state index contributed by atoms with van der Waals surface area (Å²) in [5.74, 6) is 1.37. The van der Waals surface area contributed by atoms with Gasteiger partial charge in [-0.3, -0.25) is 0 Å². The molecule has 2 rings (SSSR count). The van der Waals surface area contributed by atoms with Gasteiger partial charge in [-0.05, 0) is 42.8 Å². The second-order valence-electron chi connectivity index (χ2n) is 3.92. The van der Waals surface area contributed by atoms with Crippen LogP contribution in [0.3, 0.4) is 0 Å². The molecule has 0 unspecified atom stereocenters. The number of ether oxygens (including phenoxy) is 1. The topological polar surface area (TPSA) is 29.5 Å². The zero-order valence-electron chi connectivity index (χ0n) is 9.78. The van der Waals surface area contributed by atoms with Crippen molar-refractivity contribution in [1.29, 1.82) is 0 Å². The first kappa shape index (κ1) is 13.4. The van der Waals surface area contributed by atoms with Gasteiger partial charge in [0.25, 0.3) is 0 Å². The summed E-state index contributed by atoms with van der Waals surface area (Å²) in [6.45, 7) is 1.87. The number of halogens is 2. The highest BCUT2D eigenvalue weighted by atomic mass is 79.9. The highest BCUT2D eigenvalue weighted by Crippen LogP contribution is 2.31. The number of aliphatic hydroxyl groups excluding tert-OH is 1. The van der Waals surface area contributed by atoms with E-state index < -0.39 is 0 Å². The monoisotopic (exact) mass is 326 g/mol. The molecule has 4 heteroatoms. The van der Waals surface area contributed by atoms with Crippen molar-refractivity contribution in [2.75, 3.05) is 0 Å². The van der Waals surface area contributed by atoms with Crippen molar-refractivity contribution >= 4 is 27.5 Å². The maximum absolute atomic E-state index is 9.28. The predicted octanol–water partition coefficient (Wildman–Crippen LogP) is 4.70. The van der Waals surface area contributed by atoms with Crippen molar-refractivity contribution in [3.05, 3.63) is 57.0 Å². The second-order valence-corrected chi connectivity index (χ2v) is 5.27. The van der Waals surface area contributed by atoms with Crippen molar-refractivity contribution in [2.24, 2.45) is 0 Å². The Bertz CT molecular complexity index is 570. The van der Waals surface area contributed by atoms with Crippen molar-refractivity contribution < 1.29 is 9.84 Å². The van der Waals surface area contributed by atoms with Crippen LogP contribution in [-0.4, -0.2) is 5.11 Å². The Balaban J connectivity index is 2.36. The maximum atomic E-state index is 9.28. The lowest BCUT2D eigenvalue weighted by atomic mass is 10.2. The molecule has 0 aliphatic rings. The molecule has 2 nitrogen and oxygen atoms in total. The van der Waals surface area contributed by atoms with E-state index in [1.807, 2.05) is 37.3 Å². The van der Waals surface area contributed by atoms with Gasteiger partial charge in [0, 0.05) is 15.1 Å². The molecule has 1 N–H and O–H groups in total. The summed E-state index contributed by atoms with van der Waals surface area (Å²) in [5.41, 5.74) is 1.69. The van der Waals surface area contributed by atoms with E-state index in [1.165, 1.54) is 0 Å². The molecule has 0 saturated heterocycles. The van der Waals surface area contributed by atoms with Gasteiger partial charge in [-0.15, -0.1) is 0 Å². The number of benzene rings is 2. The number of hydrogen-bond acceptors (Lipinski definition) is 2. The molecule has 0 heterocycles. The zero-order valence-corrected chi connectivity index (χ0v) is 12.1. The minimum Gasteiger partial charge on any atom is -0.457 e. The number of aryl methyl sites for hydroxylation is 1. The van der Waals surface area contributed by atoms with Crippen LogP contribution in [0.25, 0.3) is 0 Å². The Morgan fingerprint density at radius 2 is 1.94 bits per heavy atom. The lowest BCUT2D eigenvalue weighted by Gasteiger charge is -2.12. The number of aliphatic hydroxyl groups is 1. The van der Waals surface area contributed by atoms with Crippen LogP contribution in [-0.2, 0) is 6.61 Å². The molecule has 0 atom stereocenters. The van der Waals surface area contributed by atoms with E-state index in [0.29, 0.717) is 10.8 Å². The minimum absolute atomic E-state index is 0.0603. The lowest BCUT2D eigenvalue weighted by Crippen LogP contribution is -1.93. The van der Waals surface area contributed by atoms with Crippen LogP contribution in [0.2, 0.25) is 5.02 Å². The Morgan fingerprint density at radius 1 is 1.17 bits per heavy atom. The summed E-state index contributed by atoms with van der Waals surface area (Å²) in [5, 5.41) is 9.96. The van der Waals surface area contributed by atoms with Gasteiger partial charge >= 0.3 is 0 Å². The number of hydrogen-bond donors (Lipinski definition) is 1. The van der Waals surface area contributed by atoms with E-state index >= 15 is 0 Å². The Hall–Kier alpha value is -1.03. The van der Waals surface area contributed by atoms with E-state index in [1.54, 1.807) is 6.07 Å². The van der Waals surface area contributed by atoms with Crippen LogP contribution in [0, 0.1) is 6.92 Å². The normalized spacial score (nSPS) is 10.4. The van der Waals surface area contributed by atoms with Crippen molar-refractivity contribution in [1.82, 2.24) is 0 Å². The molecular formula is C14H12BrClO2. The number of rotatable bonds is 3. The van der Waals surface area contributed by atoms with Gasteiger partial charge in [0.2, 0.25) is 0 Å². The quantitative estimate of drug-likeness (QED) is 0.885. The van der Waals surface area contributed by atoms with Crippen LogP contribution in [0.4, 0.5) is 0 Å². The van der Waals surface area contributed by atoms with Crippen molar-refractivity contribution in [2.45, 2.75) is 13.5 Å². The van der Waals surface area contributed by atoms with Gasteiger partial charge < -0.3 is 9.84 Å². The lowest BCUT2D eigenvalue weighted by molar-refractivity contribution is 0.276. The Kier molecular flexibility index (Phi) is 4.27. The van der Waals surface area contributed by atoms with Gasteiger partial charge in [-0.2, -0.15) is 0 Å². The first-order valence-electron chi connectivity index (χ1n) is 5.43. The Labute approximate surface area is 119 Å². The fourth-order valence-electron chi connectivity index (χ4n) is 1.60. The summed E-state index contributed by atoms with van der Waals surface area (Å²) < 4.78 is 6.72. The molecule has 0 fully saturated rings. The zero-order chi connectivity index (χ0) is 13.1. The molecule has 0 radical (unpaired) electrons. The van der Waals surface area contributed by atoms with E-state index in [2.05, 4.69) is 15.9 Å². The van der Waals surface area contributed by atoms with Crippen LogP contribution in [0.15, 0.2) is 40.9 Å². The van der Waals surface area contributed by atoms with Gasteiger partial charge in [0.1, 0.15) is 11.5 Å². The summed E-state index contributed by atoms with van der Waals surface area (Å²) >= 11 is 9.29. The molecule has 0 amide bonds. The van der Waals surface area contributed by atoms with E-state index in [4.69, 9.17) is 16.3 Å². The molecule has 2 aromatic carbocycles. The Morgan fingerprint density at radius 3 is 2.61 bits per heavy atom. The second kappa shape index (κ2) is 5.74. The van der Waals surface area contributed by atoms with Crippen LogP contribution < -0.4 is 4.74 Å². The van der Waals surface area contributed by atoms with Crippen molar-refractivity contribution in [3.8, 4) is 11.5 Å². The highest BCUT2D eigenvalue weighted by molar-refractivity contribution is 9.10. The van der Waals surface area contributed by atoms with Gasteiger partial charge in [0.05, 0.1) is 6.61 Å². The summed E-state index contributed by atoms with van der Waals surface area (Å²) in [7, 11) is 0. The molecule has 94 valence electrons. The van der Waals surface area contributed by atoms with Gasteiger partial charge in [-0.1, -0.05) is 33.6 Å². The van der Waals surface area contributed by atoms with E-state index in [0.717, 1.165) is 21.3 Å². The predicted molar refractivity (Wildman–Crippen MR) is 76.3 cm³/mol. The molecule has 18 heavy (non-hydrogen) atoms. The summed E-state index contributed by atoms with van der Waals surface area (Å²) in [4.78, 5) is 0. The van der Waals surface area contributed by atoms with Crippen LogP contribution >= 0.6 is 27.5 Å². The average Bonchev–Trinajstić information content (AvgIpc) is 2.33. The largest absolute Gasteiger partial charge is 0.457 e. The van der Waals surface area contributed by atoms with Crippen LogP contribution in [0.1, 0.15) is 11.1 Å². The van der Waals surface area contributed by atoms with E-state index in [-0.39, 0.29) is 6.61 Å². The highest BCUT2D eigenvalue weighted by Gasteiger charge is 2.07. The molecule has 2 aromatic rings. The summed E-state index contributed by atoms with van der Waals surface area (Å²) in [6.07, 6.45) is 0. The van der Waals surface area contributed by atoms with Gasteiger partial charge in [0.15, 0.2) is 0 Å². The van der Waals surface area contributed by atoms with Crippen molar-refractivity contribution in [3.63, 3.8) is 0 Å². The first-order chi connectivity index (χ1) is 8.60. The summed E-state index contributed by atoms with van der Waals surface area (Å²) in [6, 6.07) is 11.0. The van der Waals surface area contributed by atoms with Gasteiger partial charge in [-0.25, -0.2) is 0 Å². The molecular weight excluding hydrogens is 316 g/mol. The molecule has 0 aliphatic carbocycles. The SMILES string of the molecule is Cc1cc(Cl)ccc1Oc1cc(Br)ccc1CO. The molecule has 0 aliphatic heterocycles. The van der Waals surface area contributed by atoms with E-state index in [9.17, 15) is 5.11 Å². The third kappa shape index (κ3) is 3.05. The fraction of sp³-hybridized carbons (Fsp3) is 0.143. The molecule has 0 aromatic heterocycles. The van der Waals surface area contributed by atoms with Crippen LogP contribution in [0.5, 0.6) is 11.5 Å². The average molecular weight is 328 g/mol. The molecule has 0 saturated carbocycles. The standard InChI is InChI=1S/C14H12BrClO2/c1-9-6-12(16)4-5-13(9)18-14-7-11(15)3-2-10(14)8-17/h2-7,17H,8H2,1H3. The molecule has 0 spiro atoms. The minimum atomic E-state index is -0.0603. The fourth-order valence-corrected chi connectivity index (χ4v) is 2.17.